The zero-order valence-corrected chi connectivity index (χ0v) is 11.4. The van der Waals surface area contributed by atoms with Crippen molar-refractivity contribution < 1.29 is 4.39 Å². The average molecular weight is 292 g/mol. The molecule has 102 valence electrons. The Morgan fingerprint density at radius 2 is 2.30 bits per heavy atom. The molecular formula is C13H11ClFN5. The second kappa shape index (κ2) is 6.21. The fourth-order valence-electron chi connectivity index (χ4n) is 1.43. The van der Waals surface area contributed by atoms with Gasteiger partial charge in [0.2, 0.25) is 5.82 Å². The number of nitrogens with zero attached hydrogens (tertiary/aromatic N) is 5. The molecule has 0 saturated heterocycles. The van der Waals surface area contributed by atoms with Gasteiger partial charge in [-0.3, -0.25) is 4.99 Å². The van der Waals surface area contributed by atoms with Gasteiger partial charge in [-0.05, 0) is 30.3 Å². The fourth-order valence-corrected chi connectivity index (χ4v) is 1.60. The normalized spacial score (nSPS) is 12.1. The van der Waals surface area contributed by atoms with Crippen molar-refractivity contribution in [2.45, 2.75) is 6.92 Å². The zero-order valence-electron chi connectivity index (χ0n) is 10.7. The summed E-state index contributed by atoms with van der Waals surface area (Å²) in [4.78, 5) is 5.38. The molecule has 0 radical (unpaired) electrons. The van der Waals surface area contributed by atoms with Crippen LogP contribution in [0.1, 0.15) is 12.7 Å². The summed E-state index contributed by atoms with van der Waals surface area (Å²) in [6, 6.07) is 4.17. The Balaban J connectivity index is 2.35. The van der Waals surface area contributed by atoms with E-state index >= 15 is 0 Å². The van der Waals surface area contributed by atoms with Crippen LogP contribution in [0.2, 0.25) is 5.02 Å². The van der Waals surface area contributed by atoms with Crippen molar-refractivity contribution in [1.82, 2.24) is 20.2 Å². The molecule has 0 aliphatic carbocycles. The summed E-state index contributed by atoms with van der Waals surface area (Å²) >= 11 is 5.72. The quantitative estimate of drug-likeness (QED) is 0.814. The Morgan fingerprint density at radius 1 is 1.50 bits per heavy atom. The number of hydrogen-bond donors (Lipinski definition) is 0. The lowest BCUT2D eigenvalue weighted by Crippen LogP contribution is -1.99. The summed E-state index contributed by atoms with van der Waals surface area (Å²) in [5, 5.41) is 12.0. The summed E-state index contributed by atoms with van der Waals surface area (Å²) < 4.78 is 13.1. The SMILES string of the molecule is C=CC=N/C(=C\C)c1nnn(-c2ccc(F)c(Cl)c2)n1. The van der Waals surface area contributed by atoms with Crippen LogP contribution >= 0.6 is 11.6 Å². The van der Waals surface area contributed by atoms with E-state index in [1.807, 2.05) is 6.92 Å². The van der Waals surface area contributed by atoms with Crippen molar-refractivity contribution in [1.29, 1.82) is 0 Å². The molecular weight excluding hydrogens is 281 g/mol. The maximum absolute atomic E-state index is 13.1. The third kappa shape index (κ3) is 2.97. The molecule has 1 heterocycles. The Kier molecular flexibility index (Phi) is 4.37. The van der Waals surface area contributed by atoms with Crippen LogP contribution in [0.4, 0.5) is 4.39 Å². The molecule has 2 rings (SSSR count). The number of benzene rings is 1. The molecule has 0 aliphatic heterocycles. The first-order valence-corrected chi connectivity index (χ1v) is 6.10. The van der Waals surface area contributed by atoms with Gasteiger partial charge < -0.3 is 0 Å². The largest absolute Gasteiger partial charge is 0.253 e. The van der Waals surface area contributed by atoms with Gasteiger partial charge in [-0.1, -0.05) is 30.3 Å². The van der Waals surface area contributed by atoms with Crippen molar-refractivity contribution in [3.8, 4) is 5.69 Å². The highest BCUT2D eigenvalue weighted by Crippen LogP contribution is 2.18. The Labute approximate surface area is 120 Å². The molecule has 0 aliphatic rings. The van der Waals surface area contributed by atoms with Crippen LogP contribution in [0.25, 0.3) is 11.4 Å². The van der Waals surface area contributed by atoms with E-state index < -0.39 is 5.82 Å². The lowest BCUT2D eigenvalue weighted by molar-refractivity contribution is 0.626. The minimum Gasteiger partial charge on any atom is -0.253 e. The van der Waals surface area contributed by atoms with Crippen LogP contribution in [0.15, 0.2) is 41.9 Å². The predicted molar refractivity (Wildman–Crippen MR) is 76.5 cm³/mol. The monoisotopic (exact) mass is 291 g/mol. The summed E-state index contributed by atoms with van der Waals surface area (Å²) in [6.45, 7) is 5.35. The second-order valence-corrected chi connectivity index (χ2v) is 4.10. The Bertz CT molecular complexity index is 690. The molecule has 5 nitrogen and oxygen atoms in total. The van der Waals surface area contributed by atoms with E-state index in [-0.39, 0.29) is 5.02 Å². The first-order valence-electron chi connectivity index (χ1n) is 5.73. The molecule has 0 amide bonds. The van der Waals surface area contributed by atoms with Crippen molar-refractivity contribution >= 4 is 23.5 Å². The molecule has 20 heavy (non-hydrogen) atoms. The van der Waals surface area contributed by atoms with E-state index in [0.29, 0.717) is 17.2 Å². The van der Waals surface area contributed by atoms with Gasteiger partial charge in [-0.15, -0.1) is 15.0 Å². The van der Waals surface area contributed by atoms with Gasteiger partial charge in [0, 0.05) is 6.21 Å². The minimum atomic E-state index is -0.500. The molecule has 0 N–H and O–H groups in total. The van der Waals surface area contributed by atoms with Crippen LogP contribution in [-0.4, -0.2) is 26.4 Å². The van der Waals surface area contributed by atoms with E-state index in [1.165, 1.54) is 29.2 Å². The van der Waals surface area contributed by atoms with Crippen molar-refractivity contribution in [3.63, 3.8) is 0 Å². The Hall–Kier alpha value is -2.34. The minimum absolute atomic E-state index is 0.00251. The molecule has 1 aromatic carbocycles. The number of hydrogen-bond acceptors (Lipinski definition) is 4. The molecule has 1 aromatic heterocycles. The molecule has 0 bridgehead atoms. The van der Waals surface area contributed by atoms with Gasteiger partial charge >= 0.3 is 0 Å². The van der Waals surface area contributed by atoms with E-state index in [2.05, 4.69) is 27.0 Å². The second-order valence-electron chi connectivity index (χ2n) is 3.69. The van der Waals surface area contributed by atoms with E-state index in [0.717, 1.165) is 0 Å². The molecule has 0 saturated carbocycles. The third-order valence-corrected chi connectivity index (χ3v) is 2.66. The summed E-state index contributed by atoms with van der Waals surface area (Å²) in [7, 11) is 0. The van der Waals surface area contributed by atoms with Gasteiger partial charge in [-0.2, -0.15) is 0 Å². The summed E-state index contributed by atoms with van der Waals surface area (Å²) in [5.74, 6) is -0.147. The lowest BCUT2D eigenvalue weighted by Gasteiger charge is -1.99. The van der Waals surface area contributed by atoms with Gasteiger partial charge in [0.05, 0.1) is 10.7 Å². The maximum atomic E-state index is 13.1. The van der Waals surface area contributed by atoms with E-state index in [4.69, 9.17) is 11.6 Å². The third-order valence-electron chi connectivity index (χ3n) is 2.37. The van der Waals surface area contributed by atoms with Crippen LogP contribution < -0.4 is 0 Å². The van der Waals surface area contributed by atoms with E-state index in [1.54, 1.807) is 12.2 Å². The highest BCUT2D eigenvalue weighted by Gasteiger charge is 2.09. The maximum Gasteiger partial charge on any atom is 0.223 e. The number of allylic oxidation sites excluding steroid dienone is 2. The molecule has 0 unspecified atom stereocenters. The van der Waals surface area contributed by atoms with Crippen LogP contribution in [0, 0.1) is 5.82 Å². The lowest BCUT2D eigenvalue weighted by atomic mass is 10.3. The average Bonchev–Trinajstić information content (AvgIpc) is 2.92. The van der Waals surface area contributed by atoms with E-state index in [9.17, 15) is 4.39 Å². The van der Waals surface area contributed by atoms with Gasteiger partial charge in [-0.25, -0.2) is 4.39 Å². The first-order chi connectivity index (χ1) is 9.65. The highest BCUT2D eigenvalue weighted by molar-refractivity contribution is 6.30. The molecule has 2 aromatic rings. The standard InChI is InChI=1S/C13H11ClFN5/c1-3-7-16-12(4-2)13-17-19-20(18-13)9-5-6-11(15)10(14)8-9/h3-8H,1H2,2H3/b12-4-,16-7?. The zero-order chi connectivity index (χ0) is 14.5. The topological polar surface area (TPSA) is 56.0 Å². The van der Waals surface area contributed by atoms with Crippen molar-refractivity contribution in [2.75, 3.05) is 0 Å². The van der Waals surface area contributed by atoms with Crippen LogP contribution in [0.3, 0.4) is 0 Å². The molecule has 7 heteroatoms. The number of tetrazole rings is 1. The summed E-state index contributed by atoms with van der Waals surface area (Å²) in [6.07, 6.45) is 4.83. The van der Waals surface area contributed by atoms with Gasteiger partial charge in [0.15, 0.2) is 0 Å². The number of aromatic nitrogens is 4. The van der Waals surface area contributed by atoms with Crippen LogP contribution in [-0.2, 0) is 0 Å². The van der Waals surface area contributed by atoms with Crippen molar-refractivity contribution in [2.24, 2.45) is 4.99 Å². The number of aliphatic imine (C=N–C) groups is 1. The Morgan fingerprint density at radius 3 is 2.95 bits per heavy atom. The fraction of sp³-hybridized carbons (Fsp3) is 0.0769. The van der Waals surface area contributed by atoms with Crippen molar-refractivity contribution in [3.05, 3.63) is 53.6 Å². The molecule has 0 fully saturated rings. The van der Waals surface area contributed by atoms with Crippen LogP contribution in [0.5, 0.6) is 0 Å². The van der Waals surface area contributed by atoms with Gasteiger partial charge in [0.1, 0.15) is 11.5 Å². The smallest absolute Gasteiger partial charge is 0.223 e. The molecule has 0 atom stereocenters. The first kappa shape index (κ1) is 14.1. The van der Waals surface area contributed by atoms with Gasteiger partial charge in [0.25, 0.3) is 0 Å². The summed E-state index contributed by atoms with van der Waals surface area (Å²) in [5.41, 5.74) is 1.07. The highest BCUT2D eigenvalue weighted by atomic mass is 35.5. The number of halogens is 2. The number of rotatable bonds is 4. The molecule has 0 spiro atoms. The predicted octanol–water partition coefficient (Wildman–Crippen LogP) is 3.07.